The molecule has 0 aliphatic carbocycles. The van der Waals surface area contributed by atoms with Crippen molar-refractivity contribution in [1.29, 1.82) is 5.26 Å². The van der Waals surface area contributed by atoms with Crippen LogP contribution in [-0.2, 0) is 0 Å². The summed E-state index contributed by atoms with van der Waals surface area (Å²) in [6.07, 6.45) is 1.29. The van der Waals surface area contributed by atoms with E-state index >= 15 is 0 Å². The summed E-state index contributed by atoms with van der Waals surface area (Å²) < 4.78 is 5.42. The Balaban J connectivity index is 2.44. The smallest absolute Gasteiger partial charge is 0.325 e. The fourth-order valence-corrected chi connectivity index (χ4v) is 2.04. The number of carbonyl (C=O) groups is 1. The third-order valence-electron chi connectivity index (χ3n) is 3.01. The Morgan fingerprint density at radius 3 is 2.76 bits per heavy atom. The van der Waals surface area contributed by atoms with E-state index in [1.54, 1.807) is 0 Å². The van der Waals surface area contributed by atoms with Crippen molar-refractivity contribution in [3.8, 4) is 11.8 Å². The Labute approximate surface area is 147 Å². The molecule has 2 amide bonds. The number of anilines is 2. The minimum absolute atomic E-state index is 0.0568. The fraction of sp³-hybridized carbons (Fsp3) is 0.200. The highest BCUT2D eigenvalue weighted by atomic mass is 35.5. The molecule has 2 aromatic rings. The lowest BCUT2D eigenvalue weighted by Crippen LogP contribution is -2.33. The maximum atomic E-state index is 11.9. The van der Waals surface area contributed by atoms with Crippen molar-refractivity contribution in [3.05, 3.63) is 41.3 Å². The number of nitrogens with zero attached hydrogens (tertiary/aromatic N) is 4. The molecule has 0 aliphatic heterocycles. The number of aliphatic hydroxyl groups is 2. The predicted octanol–water partition coefficient (Wildman–Crippen LogP) is 0.950. The van der Waals surface area contributed by atoms with Crippen LogP contribution >= 0.6 is 11.6 Å². The minimum atomic E-state index is -1.10. The summed E-state index contributed by atoms with van der Waals surface area (Å²) in [6, 6.07) is 5.36. The summed E-state index contributed by atoms with van der Waals surface area (Å²) in [5.74, 6) is 0.239. The van der Waals surface area contributed by atoms with E-state index in [1.807, 2.05) is 6.07 Å². The number of ether oxygens (including phenoxy) is 1. The number of aliphatic hydroxyl groups excluding tert-OH is 2. The molecule has 0 radical (unpaired) electrons. The predicted molar refractivity (Wildman–Crippen MR) is 88.5 cm³/mol. The van der Waals surface area contributed by atoms with Gasteiger partial charge in [0, 0.05) is 5.02 Å². The zero-order valence-electron chi connectivity index (χ0n) is 12.8. The van der Waals surface area contributed by atoms with Crippen molar-refractivity contribution < 1.29 is 19.7 Å². The molecule has 1 aromatic heterocycles. The number of hydrogen-bond donors (Lipinski definition) is 3. The van der Waals surface area contributed by atoms with E-state index in [1.165, 1.54) is 30.6 Å². The molecule has 2 rings (SSSR count). The van der Waals surface area contributed by atoms with E-state index < -0.39 is 18.7 Å². The van der Waals surface area contributed by atoms with Crippen LogP contribution in [0.15, 0.2) is 30.6 Å². The molecule has 130 valence electrons. The maximum Gasteiger partial charge on any atom is 0.325 e. The van der Waals surface area contributed by atoms with E-state index in [0.29, 0.717) is 5.02 Å². The first kappa shape index (κ1) is 18.4. The van der Waals surface area contributed by atoms with Crippen molar-refractivity contribution >= 4 is 29.1 Å². The maximum absolute atomic E-state index is 11.9. The molecule has 0 saturated heterocycles. The number of nitriles is 1. The monoisotopic (exact) mass is 363 g/mol. The van der Waals surface area contributed by atoms with Gasteiger partial charge in [-0.05, 0) is 18.2 Å². The zero-order chi connectivity index (χ0) is 18.4. The molecule has 4 N–H and O–H groups in total. The standard InChI is InChI=1S/C15H14ClN5O4/c16-9-1-2-13(25-8-11(23)7-22)12(3-9)21(15(18)24)14-6-19-10(4-17)5-20-14/h1-3,5-6,11,22-23H,7-8H2,(H2,18,24)/t11-/m0/s1. The lowest BCUT2D eigenvalue weighted by atomic mass is 10.2. The van der Waals surface area contributed by atoms with Crippen LogP contribution in [0.3, 0.4) is 0 Å². The van der Waals surface area contributed by atoms with Crippen molar-refractivity contribution in [2.24, 2.45) is 5.73 Å². The number of urea groups is 1. The second-order valence-electron chi connectivity index (χ2n) is 4.80. The third kappa shape index (κ3) is 4.54. The number of rotatable bonds is 6. The summed E-state index contributed by atoms with van der Waals surface area (Å²) in [5.41, 5.74) is 5.68. The average molecular weight is 364 g/mol. The topological polar surface area (TPSA) is 146 Å². The molecule has 0 spiro atoms. The molecule has 25 heavy (non-hydrogen) atoms. The van der Waals surface area contributed by atoms with Gasteiger partial charge in [0.2, 0.25) is 0 Å². The summed E-state index contributed by atoms with van der Waals surface area (Å²) in [7, 11) is 0. The molecular formula is C15H14ClN5O4. The number of halogens is 1. The van der Waals surface area contributed by atoms with Gasteiger partial charge in [0.1, 0.15) is 24.5 Å². The SMILES string of the molecule is N#Cc1cnc(N(C(N)=O)c2cc(Cl)ccc2OC[C@@H](O)CO)cn1. The Bertz CT molecular complexity index is 793. The minimum Gasteiger partial charge on any atom is -0.489 e. The first-order valence-electron chi connectivity index (χ1n) is 6.99. The van der Waals surface area contributed by atoms with Crippen molar-refractivity contribution in [2.75, 3.05) is 18.1 Å². The molecule has 1 heterocycles. The molecule has 0 fully saturated rings. The van der Waals surface area contributed by atoms with E-state index in [4.69, 9.17) is 32.4 Å². The molecule has 0 unspecified atom stereocenters. The van der Waals surface area contributed by atoms with Gasteiger partial charge < -0.3 is 20.7 Å². The number of amides is 2. The number of benzene rings is 1. The normalized spacial score (nSPS) is 11.4. The second kappa shape index (κ2) is 8.25. The summed E-state index contributed by atoms with van der Waals surface area (Å²) in [5, 5.41) is 27.4. The molecule has 0 aliphatic rings. The van der Waals surface area contributed by atoms with E-state index in [9.17, 15) is 9.90 Å². The average Bonchev–Trinajstić information content (AvgIpc) is 2.61. The highest BCUT2D eigenvalue weighted by Crippen LogP contribution is 2.35. The number of aromatic nitrogens is 2. The Kier molecular flexibility index (Phi) is 6.08. The zero-order valence-corrected chi connectivity index (χ0v) is 13.6. The van der Waals surface area contributed by atoms with Gasteiger partial charge >= 0.3 is 6.03 Å². The summed E-state index contributed by atoms with van der Waals surface area (Å²) in [4.78, 5) is 20.8. The van der Waals surface area contributed by atoms with E-state index in [-0.39, 0.29) is 29.6 Å². The van der Waals surface area contributed by atoms with Crippen LogP contribution in [0, 0.1) is 11.3 Å². The Morgan fingerprint density at radius 1 is 1.44 bits per heavy atom. The molecular weight excluding hydrogens is 350 g/mol. The lowest BCUT2D eigenvalue weighted by molar-refractivity contribution is 0.0538. The van der Waals surface area contributed by atoms with Gasteiger partial charge in [-0.15, -0.1) is 0 Å². The number of primary amides is 1. The quantitative estimate of drug-likeness (QED) is 0.692. The van der Waals surface area contributed by atoms with Crippen LogP contribution in [0.1, 0.15) is 5.69 Å². The van der Waals surface area contributed by atoms with Crippen LogP contribution in [0.4, 0.5) is 16.3 Å². The van der Waals surface area contributed by atoms with Gasteiger partial charge in [-0.3, -0.25) is 0 Å². The van der Waals surface area contributed by atoms with Crippen molar-refractivity contribution in [1.82, 2.24) is 9.97 Å². The second-order valence-corrected chi connectivity index (χ2v) is 5.24. The fourth-order valence-electron chi connectivity index (χ4n) is 1.88. The highest BCUT2D eigenvalue weighted by Gasteiger charge is 2.22. The Morgan fingerprint density at radius 2 is 2.20 bits per heavy atom. The van der Waals surface area contributed by atoms with Gasteiger partial charge in [0.15, 0.2) is 11.5 Å². The molecule has 9 nitrogen and oxygen atoms in total. The van der Waals surface area contributed by atoms with Gasteiger partial charge in [-0.2, -0.15) is 5.26 Å². The van der Waals surface area contributed by atoms with Crippen LogP contribution in [0.5, 0.6) is 5.75 Å². The lowest BCUT2D eigenvalue weighted by Gasteiger charge is -2.22. The van der Waals surface area contributed by atoms with E-state index in [0.717, 1.165) is 4.90 Å². The molecule has 1 atom stereocenters. The van der Waals surface area contributed by atoms with Crippen molar-refractivity contribution in [3.63, 3.8) is 0 Å². The van der Waals surface area contributed by atoms with Gasteiger partial charge in [-0.1, -0.05) is 11.6 Å². The largest absolute Gasteiger partial charge is 0.489 e. The van der Waals surface area contributed by atoms with Gasteiger partial charge in [0.05, 0.1) is 24.7 Å². The summed E-state index contributed by atoms with van der Waals surface area (Å²) >= 11 is 5.99. The molecule has 10 heteroatoms. The molecule has 0 saturated carbocycles. The number of hydrogen-bond acceptors (Lipinski definition) is 7. The van der Waals surface area contributed by atoms with Crippen LogP contribution < -0.4 is 15.4 Å². The Hall–Kier alpha value is -2.93. The first-order chi connectivity index (χ1) is 12.0. The number of nitrogens with two attached hydrogens (primary N) is 1. The number of carbonyl (C=O) groups excluding carboxylic acids is 1. The van der Waals surface area contributed by atoms with Crippen molar-refractivity contribution in [2.45, 2.75) is 6.10 Å². The molecule has 0 bridgehead atoms. The van der Waals surface area contributed by atoms with Gasteiger partial charge in [0.25, 0.3) is 0 Å². The van der Waals surface area contributed by atoms with Crippen LogP contribution in [0.25, 0.3) is 0 Å². The van der Waals surface area contributed by atoms with Crippen LogP contribution in [-0.4, -0.2) is 45.5 Å². The highest BCUT2D eigenvalue weighted by molar-refractivity contribution is 6.31. The summed E-state index contributed by atoms with van der Waals surface area (Å²) in [6.45, 7) is -0.694. The molecule has 1 aromatic carbocycles. The van der Waals surface area contributed by atoms with E-state index in [2.05, 4.69) is 9.97 Å². The third-order valence-corrected chi connectivity index (χ3v) is 3.24. The van der Waals surface area contributed by atoms with Gasteiger partial charge in [-0.25, -0.2) is 19.7 Å². The van der Waals surface area contributed by atoms with Crippen LogP contribution in [0.2, 0.25) is 5.02 Å². The first-order valence-corrected chi connectivity index (χ1v) is 7.37.